The molecule has 4 nitrogen and oxygen atoms in total. The van der Waals surface area contributed by atoms with Crippen LogP contribution in [0.5, 0.6) is 0 Å². The first-order valence-corrected chi connectivity index (χ1v) is 8.54. The topological polar surface area (TPSA) is 50.1 Å². The molecule has 0 bridgehead atoms. The van der Waals surface area contributed by atoms with Gasteiger partial charge in [-0.05, 0) is 38.8 Å². The van der Waals surface area contributed by atoms with Crippen molar-refractivity contribution in [2.24, 2.45) is 0 Å². The molecule has 1 atom stereocenters. The van der Waals surface area contributed by atoms with E-state index in [1.54, 1.807) is 0 Å². The maximum Gasteiger partial charge on any atom is 0.126 e. The molecular weight excluding hydrogens is 274 g/mol. The van der Waals surface area contributed by atoms with Crippen molar-refractivity contribution in [2.45, 2.75) is 64.1 Å². The Labute approximate surface area is 132 Å². The summed E-state index contributed by atoms with van der Waals surface area (Å²) in [7, 11) is 0. The molecular formula is C18H27N3O. The summed E-state index contributed by atoms with van der Waals surface area (Å²) >= 11 is 0. The Hall–Kier alpha value is -1.39. The number of aryl methyl sites for hydroxylation is 1. The summed E-state index contributed by atoms with van der Waals surface area (Å²) in [5, 5.41) is 14.2. The van der Waals surface area contributed by atoms with Crippen molar-refractivity contribution in [3.63, 3.8) is 0 Å². The van der Waals surface area contributed by atoms with E-state index >= 15 is 0 Å². The maximum atomic E-state index is 10.6. The van der Waals surface area contributed by atoms with Gasteiger partial charge in [-0.1, -0.05) is 31.4 Å². The van der Waals surface area contributed by atoms with Crippen LogP contribution in [0.1, 0.15) is 57.8 Å². The van der Waals surface area contributed by atoms with E-state index < -0.39 is 5.60 Å². The van der Waals surface area contributed by atoms with Crippen LogP contribution >= 0.6 is 0 Å². The zero-order valence-electron chi connectivity index (χ0n) is 13.7. The number of aliphatic hydroxyl groups is 1. The predicted octanol–water partition coefficient (Wildman–Crippen LogP) is 3.40. The fraction of sp³-hybridized carbons (Fsp3) is 0.611. The number of nitrogens with zero attached hydrogens (tertiary/aromatic N) is 2. The lowest BCUT2D eigenvalue weighted by atomic mass is 9.85. The Bertz CT molecular complexity index is 628. The van der Waals surface area contributed by atoms with Crippen LogP contribution in [0.3, 0.4) is 0 Å². The van der Waals surface area contributed by atoms with Crippen LogP contribution in [0, 0.1) is 0 Å². The number of nitrogens with one attached hydrogen (secondary N) is 1. The van der Waals surface area contributed by atoms with E-state index in [1.165, 1.54) is 11.9 Å². The van der Waals surface area contributed by atoms with Crippen LogP contribution in [-0.2, 0) is 6.54 Å². The smallest absolute Gasteiger partial charge is 0.126 e. The molecule has 1 aliphatic carbocycles. The van der Waals surface area contributed by atoms with Crippen molar-refractivity contribution in [3.8, 4) is 0 Å². The number of para-hydroxylation sites is 2. The Morgan fingerprint density at radius 1 is 1.27 bits per heavy atom. The standard InChI is InChI=1S/C18H27N3O/c1-3-21-16-10-6-5-9-15(16)20-17(21)14(2)19-13-18(22)11-7-4-8-12-18/h5-6,9-10,14,19,22H,3-4,7-8,11-13H2,1-2H3. The van der Waals surface area contributed by atoms with Crippen LogP contribution in [0.15, 0.2) is 24.3 Å². The van der Waals surface area contributed by atoms with Crippen molar-refractivity contribution >= 4 is 11.0 Å². The van der Waals surface area contributed by atoms with Crippen molar-refractivity contribution in [1.29, 1.82) is 0 Å². The van der Waals surface area contributed by atoms with Crippen LogP contribution < -0.4 is 5.32 Å². The first-order chi connectivity index (χ1) is 10.6. The van der Waals surface area contributed by atoms with Gasteiger partial charge in [-0.25, -0.2) is 4.98 Å². The van der Waals surface area contributed by atoms with Crippen molar-refractivity contribution < 1.29 is 5.11 Å². The summed E-state index contributed by atoms with van der Waals surface area (Å²) in [5.74, 6) is 1.06. The van der Waals surface area contributed by atoms with Gasteiger partial charge in [0.2, 0.25) is 0 Å². The monoisotopic (exact) mass is 301 g/mol. The van der Waals surface area contributed by atoms with Crippen molar-refractivity contribution in [1.82, 2.24) is 14.9 Å². The lowest BCUT2D eigenvalue weighted by molar-refractivity contribution is 0.00276. The van der Waals surface area contributed by atoms with Crippen LogP contribution in [0.2, 0.25) is 0 Å². The van der Waals surface area contributed by atoms with Crippen molar-refractivity contribution in [2.75, 3.05) is 6.54 Å². The highest BCUT2D eigenvalue weighted by atomic mass is 16.3. The Kier molecular flexibility index (Phi) is 4.50. The third-order valence-corrected chi connectivity index (χ3v) is 4.91. The van der Waals surface area contributed by atoms with E-state index in [2.05, 4.69) is 41.9 Å². The summed E-state index contributed by atoms with van der Waals surface area (Å²) in [6, 6.07) is 8.41. The van der Waals surface area contributed by atoms with E-state index in [1.807, 2.05) is 6.07 Å². The second-order valence-corrected chi connectivity index (χ2v) is 6.59. The molecule has 0 saturated heterocycles. The number of aromatic nitrogens is 2. The van der Waals surface area contributed by atoms with Crippen LogP contribution in [-0.4, -0.2) is 26.8 Å². The lowest BCUT2D eigenvalue weighted by Gasteiger charge is -2.33. The van der Waals surface area contributed by atoms with Gasteiger partial charge >= 0.3 is 0 Å². The Morgan fingerprint density at radius 2 is 2.00 bits per heavy atom. The van der Waals surface area contributed by atoms with Gasteiger partial charge in [0.15, 0.2) is 0 Å². The number of benzene rings is 1. The minimum atomic E-state index is -0.532. The SMILES string of the molecule is CCn1c(C(C)NCC2(O)CCCCC2)nc2ccccc21. The molecule has 0 radical (unpaired) electrons. The highest BCUT2D eigenvalue weighted by Gasteiger charge is 2.29. The molecule has 1 aliphatic rings. The van der Waals surface area contributed by atoms with Crippen molar-refractivity contribution in [3.05, 3.63) is 30.1 Å². The molecule has 0 aliphatic heterocycles. The van der Waals surface area contributed by atoms with Gasteiger partial charge in [0.25, 0.3) is 0 Å². The molecule has 2 N–H and O–H groups in total. The van der Waals surface area contributed by atoms with Gasteiger partial charge in [-0.2, -0.15) is 0 Å². The summed E-state index contributed by atoms with van der Waals surface area (Å²) in [6.07, 6.45) is 5.36. The average Bonchev–Trinajstić information content (AvgIpc) is 2.92. The summed E-state index contributed by atoms with van der Waals surface area (Å²) < 4.78 is 2.26. The largest absolute Gasteiger partial charge is 0.389 e. The van der Waals surface area contributed by atoms with Crippen LogP contribution in [0.4, 0.5) is 0 Å². The number of imidazole rings is 1. The summed E-state index contributed by atoms with van der Waals surface area (Å²) in [5.41, 5.74) is 1.70. The summed E-state index contributed by atoms with van der Waals surface area (Å²) in [4.78, 5) is 4.79. The first-order valence-electron chi connectivity index (χ1n) is 8.54. The second kappa shape index (κ2) is 6.39. The zero-order valence-corrected chi connectivity index (χ0v) is 13.7. The van der Waals surface area contributed by atoms with Gasteiger partial charge < -0.3 is 15.0 Å². The Balaban J connectivity index is 1.75. The second-order valence-electron chi connectivity index (χ2n) is 6.59. The average molecular weight is 301 g/mol. The molecule has 3 rings (SSSR count). The molecule has 2 aromatic rings. The third-order valence-electron chi connectivity index (χ3n) is 4.91. The van der Waals surface area contributed by atoms with Gasteiger partial charge in [-0.15, -0.1) is 0 Å². The minimum Gasteiger partial charge on any atom is -0.389 e. The van der Waals surface area contributed by atoms with E-state index in [4.69, 9.17) is 4.98 Å². The normalized spacial score (nSPS) is 19.4. The van der Waals surface area contributed by atoms with E-state index in [0.29, 0.717) is 6.54 Å². The molecule has 1 heterocycles. The lowest BCUT2D eigenvalue weighted by Crippen LogP contribution is -2.43. The molecule has 1 aromatic heterocycles. The molecule has 1 aromatic carbocycles. The van der Waals surface area contributed by atoms with E-state index in [-0.39, 0.29) is 6.04 Å². The Morgan fingerprint density at radius 3 is 2.73 bits per heavy atom. The molecule has 0 amide bonds. The fourth-order valence-electron chi connectivity index (χ4n) is 3.58. The molecule has 1 fully saturated rings. The summed E-state index contributed by atoms with van der Waals surface area (Å²) in [6.45, 7) is 5.85. The predicted molar refractivity (Wildman–Crippen MR) is 89.9 cm³/mol. The molecule has 1 saturated carbocycles. The van der Waals surface area contributed by atoms with Gasteiger partial charge in [0.1, 0.15) is 5.82 Å². The third kappa shape index (κ3) is 3.03. The number of rotatable bonds is 5. The minimum absolute atomic E-state index is 0.137. The van der Waals surface area contributed by atoms with E-state index in [0.717, 1.165) is 43.6 Å². The van der Waals surface area contributed by atoms with Gasteiger partial charge in [0.05, 0.1) is 22.7 Å². The van der Waals surface area contributed by atoms with Gasteiger partial charge in [-0.3, -0.25) is 0 Å². The molecule has 4 heteroatoms. The zero-order chi connectivity index (χ0) is 15.6. The molecule has 120 valence electrons. The quantitative estimate of drug-likeness (QED) is 0.890. The first kappa shape index (κ1) is 15.5. The van der Waals surface area contributed by atoms with Crippen LogP contribution in [0.25, 0.3) is 11.0 Å². The highest BCUT2D eigenvalue weighted by molar-refractivity contribution is 5.76. The highest BCUT2D eigenvalue weighted by Crippen LogP contribution is 2.28. The molecule has 0 spiro atoms. The molecule has 22 heavy (non-hydrogen) atoms. The van der Waals surface area contributed by atoms with E-state index in [9.17, 15) is 5.11 Å². The maximum absolute atomic E-state index is 10.6. The van der Waals surface area contributed by atoms with Gasteiger partial charge in [0, 0.05) is 13.1 Å². The fourth-order valence-corrected chi connectivity index (χ4v) is 3.58. The number of fused-ring (bicyclic) bond motifs is 1. The number of hydrogen-bond acceptors (Lipinski definition) is 3. The molecule has 1 unspecified atom stereocenters. The number of hydrogen-bond donors (Lipinski definition) is 2.